The van der Waals surface area contributed by atoms with Crippen molar-refractivity contribution in [3.05, 3.63) is 24.3 Å². The highest BCUT2D eigenvalue weighted by atomic mass is 32.2. The monoisotopic (exact) mass is 312 g/mol. The maximum atomic E-state index is 11.2. The van der Waals surface area contributed by atoms with Crippen LogP contribution in [0.15, 0.2) is 24.3 Å². The molecule has 0 bridgehead atoms. The maximum absolute atomic E-state index is 11.2. The van der Waals surface area contributed by atoms with Crippen molar-refractivity contribution in [2.75, 3.05) is 22.9 Å². The molecule has 1 fully saturated rings. The molecule has 0 saturated carbocycles. The van der Waals surface area contributed by atoms with Crippen molar-refractivity contribution in [1.29, 1.82) is 0 Å². The summed E-state index contributed by atoms with van der Waals surface area (Å²) < 4.78 is 30.5. The Kier molecular flexibility index (Phi) is 5.11. The van der Waals surface area contributed by atoms with E-state index in [0.29, 0.717) is 23.8 Å². The summed E-state index contributed by atoms with van der Waals surface area (Å²) >= 11 is 0. The lowest BCUT2D eigenvalue weighted by molar-refractivity contribution is -0.0160. The molecule has 1 aromatic carbocycles. The molecule has 1 heterocycles. The first-order valence-electron chi connectivity index (χ1n) is 7.29. The summed E-state index contributed by atoms with van der Waals surface area (Å²) in [7, 11) is -3.22. The van der Waals surface area contributed by atoms with Crippen LogP contribution in [-0.4, -0.2) is 33.4 Å². The van der Waals surface area contributed by atoms with E-state index in [1.165, 1.54) is 0 Å². The number of hydrogen-bond donors (Lipinski definition) is 2. The molecule has 1 aromatic rings. The van der Waals surface area contributed by atoms with E-state index in [9.17, 15) is 8.42 Å². The molecule has 1 aliphatic heterocycles. The summed E-state index contributed by atoms with van der Waals surface area (Å²) in [6.07, 6.45) is 3.45. The van der Waals surface area contributed by atoms with E-state index in [1.807, 2.05) is 12.1 Å². The zero-order valence-electron chi connectivity index (χ0n) is 12.8. The van der Waals surface area contributed by atoms with E-state index in [4.69, 9.17) is 4.74 Å². The van der Waals surface area contributed by atoms with Crippen molar-refractivity contribution in [3.63, 3.8) is 0 Å². The zero-order chi connectivity index (χ0) is 15.5. The van der Waals surface area contributed by atoms with Gasteiger partial charge >= 0.3 is 0 Å². The molecule has 0 amide bonds. The van der Waals surface area contributed by atoms with Crippen LogP contribution in [0.1, 0.15) is 26.7 Å². The molecule has 2 rings (SSSR count). The van der Waals surface area contributed by atoms with Gasteiger partial charge < -0.3 is 10.1 Å². The first-order chi connectivity index (χ1) is 9.83. The second kappa shape index (κ2) is 6.66. The summed E-state index contributed by atoms with van der Waals surface area (Å²) in [5.74, 6) is 0.524. The molecule has 0 spiro atoms. The molecule has 2 atom stereocenters. The Bertz CT molecular complexity index is 555. The molecule has 5 nitrogen and oxygen atoms in total. The van der Waals surface area contributed by atoms with Crippen molar-refractivity contribution in [1.82, 2.24) is 0 Å². The minimum absolute atomic E-state index is 0.308. The highest BCUT2D eigenvalue weighted by Gasteiger charge is 2.24. The third kappa shape index (κ3) is 5.21. The van der Waals surface area contributed by atoms with E-state index in [-0.39, 0.29) is 0 Å². The molecule has 21 heavy (non-hydrogen) atoms. The van der Waals surface area contributed by atoms with Gasteiger partial charge in [0.15, 0.2) is 0 Å². The molecule has 118 valence electrons. The Morgan fingerprint density at radius 2 is 1.81 bits per heavy atom. The maximum Gasteiger partial charge on any atom is 0.229 e. The SMILES string of the molecule is CC(C)C1CC(Nc2ccc(NS(C)(=O)=O)cc2)CCO1. The largest absolute Gasteiger partial charge is 0.382 e. The Labute approximate surface area is 127 Å². The molecule has 0 radical (unpaired) electrons. The summed E-state index contributed by atoms with van der Waals surface area (Å²) in [5, 5.41) is 3.50. The third-order valence-corrected chi connectivity index (χ3v) is 4.22. The lowest BCUT2D eigenvalue weighted by atomic mass is 9.95. The molecule has 6 heteroatoms. The van der Waals surface area contributed by atoms with Gasteiger partial charge in [0.2, 0.25) is 10.0 Å². The molecule has 0 aromatic heterocycles. The molecule has 1 aliphatic rings. The number of anilines is 2. The number of benzene rings is 1. The number of nitrogens with one attached hydrogen (secondary N) is 2. The van der Waals surface area contributed by atoms with Crippen LogP contribution >= 0.6 is 0 Å². The first kappa shape index (κ1) is 16.1. The lowest BCUT2D eigenvalue weighted by Gasteiger charge is -2.33. The second-order valence-electron chi connectivity index (χ2n) is 5.97. The lowest BCUT2D eigenvalue weighted by Crippen LogP contribution is -2.36. The van der Waals surface area contributed by atoms with Gasteiger partial charge in [-0.15, -0.1) is 0 Å². The van der Waals surface area contributed by atoms with Gasteiger partial charge in [-0.05, 0) is 43.0 Å². The fraction of sp³-hybridized carbons (Fsp3) is 0.600. The zero-order valence-corrected chi connectivity index (χ0v) is 13.6. The fourth-order valence-corrected chi connectivity index (χ4v) is 3.07. The molecule has 0 aliphatic carbocycles. The average molecular weight is 312 g/mol. The predicted octanol–water partition coefficient (Wildman–Crippen LogP) is 2.67. The number of sulfonamides is 1. The van der Waals surface area contributed by atoms with Crippen LogP contribution in [0.3, 0.4) is 0 Å². The summed E-state index contributed by atoms with van der Waals surface area (Å²) in [5.41, 5.74) is 1.58. The van der Waals surface area contributed by atoms with Crippen molar-refractivity contribution in [2.45, 2.75) is 38.8 Å². The normalized spacial score (nSPS) is 23.0. The summed E-state index contributed by atoms with van der Waals surface area (Å²) in [4.78, 5) is 0. The average Bonchev–Trinajstić information content (AvgIpc) is 2.40. The molecule has 2 unspecified atom stereocenters. The van der Waals surface area contributed by atoms with Crippen molar-refractivity contribution in [3.8, 4) is 0 Å². The van der Waals surface area contributed by atoms with Gasteiger partial charge in [0, 0.05) is 24.0 Å². The van der Waals surface area contributed by atoms with E-state index in [0.717, 1.165) is 31.4 Å². The van der Waals surface area contributed by atoms with Crippen LogP contribution in [0.2, 0.25) is 0 Å². The molecule has 1 saturated heterocycles. The minimum Gasteiger partial charge on any atom is -0.382 e. The van der Waals surface area contributed by atoms with E-state index in [2.05, 4.69) is 23.9 Å². The number of rotatable bonds is 5. The van der Waals surface area contributed by atoms with Crippen molar-refractivity contribution in [2.24, 2.45) is 5.92 Å². The third-order valence-electron chi connectivity index (χ3n) is 3.62. The molecular weight excluding hydrogens is 288 g/mol. The summed E-state index contributed by atoms with van der Waals surface area (Å²) in [6, 6.07) is 7.73. The predicted molar refractivity (Wildman–Crippen MR) is 86.1 cm³/mol. The van der Waals surface area contributed by atoms with Crippen LogP contribution in [0.4, 0.5) is 11.4 Å². The molecular formula is C15H24N2O3S. The highest BCUT2D eigenvalue weighted by molar-refractivity contribution is 7.92. The van der Waals surface area contributed by atoms with Crippen LogP contribution in [0.25, 0.3) is 0 Å². The standard InChI is InChI=1S/C15H24N2O3S/c1-11(2)15-10-14(8-9-20-15)16-12-4-6-13(7-5-12)17-21(3,18)19/h4-7,11,14-17H,8-10H2,1-3H3. The highest BCUT2D eigenvalue weighted by Crippen LogP contribution is 2.24. The quantitative estimate of drug-likeness (QED) is 0.877. The van der Waals surface area contributed by atoms with Crippen LogP contribution in [-0.2, 0) is 14.8 Å². The van der Waals surface area contributed by atoms with Gasteiger partial charge in [0.05, 0.1) is 12.4 Å². The van der Waals surface area contributed by atoms with Crippen molar-refractivity contribution < 1.29 is 13.2 Å². The minimum atomic E-state index is -3.22. The van der Waals surface area contributed by atoms with Crippen molar-refractivity contribution >= 4 is 21.4 Å². The smallest absolute Gasteiger partial charge is 0.229 e. The van der Waals surface area contributed by atoms with Crippen LogP contribution in [0.5, 0.6) is 0 Å². The van der Waals surface area contributed by atoms with Gasteiger partial charge in [-0.2, -0.15) is 0 Å². The Hall–Kier alpha value is -1.27. The van der Waals surface area contributed by atoms with E-state index in [1.54, 1.807) is 12.1 Å². The fourth-order valence-electron chi connectivity index (χ4n) is 2.51. The Morgan fingerprint density at radius 3 is 2.38 bits per heavy atom. The Balaban J connectivity index is 1.94. The van der Waals surface area contributed by atoms with Crippen LogP contribution < -0.4 is 10.0 Å². The Morgan fingerprint density at radius 1 is 1.19 bits per heavy atom. The summed E-state index contributed by atoms with van der Waals surface area (Å²) in [6.45, 7) is 5.14. The van der Waals surface area contributed by atoms with E-state index >= 15 is 0 Å². The second-order valence-corrected chi connectivity index (χ2v) is 7.72. The molecule has 2 N–H and O–H groups in total. The van der Waals surface area contributed by atoms with Gasteiger partial charge in [-0.25, -0.2) is 8.42 Å². The van der Waals surface area contributed by atoms with Gasteiger partial charge in [0.25, 0.3) is 0 Å². The van der Waals surface area contributed by atoms with Gasteiger partial charge in [-0.1, -0.05) is 13.8 Å². The van der Waals surface area contributed by atoms with Gasteiger partial charge in [-0.3, -0.25) is 4.72 Å². The first-order valence-corrected chi connectivity index (χ1v) is 9.18. The number of hydrogen-bond acceptors (Lipinski definition) is 4. The number of ether oxygens (including phenoxy) is 1. The van der Waals surface area contributed by atoms with Crippen LogP contribution in [0, 0.1) is 5.92 Å². The van der Waals surface area contributed by atoms with Gasteiger partial charge in [0.1, 0.15) is 0 Å². The topological polar surface area (TPSA) is 67.4 Å². The van der Waals surface area contributed by atoms with E-state index < -0.39 is 10.0 Å².